The lowest BCUT2D eigenvalue weighted by atomic mass is 9.86. The Labute approximate surface area is 129 Å². The summed E-state index contributed by atoms with van der Waals surface area (Å²) in [6, 6.07) is 0. The van der Waals surface area contributed by atoms with Crippen molar-refractivity contribution in [3.63, 3.8) is 0 Å². The van der Waals surface area contributed by atoms with E-state index in [1.165, 1.54) is 0 Å². The van der Waals surface area contributed by atoms with E-state index in [-0.39, 0.29) is 24.7 Å². The van der Waals surface area contributed by atoms with Crippen molar-refractivity contribution < 1.29 is 13.6 Å². The summed E-state index contributed by atoms with van der Waals surface area (Å²) in [5.74, 6) is -2.25. The summed E-state index contributed by atoms with van der Waals surface area (Å²) in [5, 5.41) is 2.88. The highest BCUT2D eigenvalue weighted by Crippen LogP contribution is 2.36. The zero-order chi connectivity index (χ0) is 15.7. The van der Waals surface area contributed by atoms with E-state index in [0.717, 1.165) is 30.9 Å². The van der Waals surface area contributed by atoms with Crippen LogP contribution < -0.4 is 5.32 Å². The van der Waals surface area contributed by atoms with Crippen molar-refractivity contribution in [2.75, 3.05) is 6.54 Å². The van der Waals surface area contributed by atoms with Gasteiger partial charge in [-0.25, -0.2) is 13.8 Å². The van der Waals surface area contributed by atoms with Crippen LogP contribution in [0.25, 0.3) is 0 Å². The second kappa shape index (κ2) is 5.97. The number of aromatic nitrogens is 2. The summed E-state index contributed by atoms with van der Waals surface area (Å²) in [6.45, 7) is 3.43. The molecular formula is C16H23F2N3O. The molecule has 122 valence electrons. The van der Waals surface area contributed by atoms with Gasteiger partial charge < -0.3 is 9.88 Å². The average molecular weight is 311 g/mol. The van der Waals surface area contributed by atoms with E-state index < -0.39 is 11.8 Å². The molecule has 6 heteroatoms. The minimum atomic E-state index is -2.68. The van der Waals surface area contributed by atoms with Crippen LogP contribution in [-0.2, 0) is 11.3 Å². The summed E-state index contributed by atoms with van der Waals surface area (Å²) in [5.41, 5.74) is 0.986. The van der Waals surface area contributed by atoms with Gasteiger partial charge in [0.1, 0.15) is 5.82 Å². The molecule has 0 unspecified atom stereocenters. The highest BCUT2D eigenvalue weighted by Gasteiger charge is 2.39. The first-order valence-corrected chi connectivity index (χ1v) is 8.14. The Morgan fingerprint density at radius 3 is 3.05 bits per heavy atom. The number of nitrogens with one attached hydrogen (secondary N) is 1. The number of hydrogen-bond acceptors (Lipinski definition) is 2. The van der Waals surface area contributed by atoms with Gasteiger partial charge in [-0.3, -0.25) is 4.79 Å². The lowest BCUT2D eigenvalue weighted by Crippen LogP contribution is -2.39. The van der Waals surface area contributed by atoms with Crippen LogP contribution in [0.3, 0.4) is 0 Å². The van der Waals surface area contributed by atoms with Gasteiger partial charge in [-0.05, 0) is 32.6 Å². The van der Waals surface area contributed by atoms with E-state index in [1.54, 1.807) is 0 Å². The van der Waals surface area contributed by atoms with E-state index in [9.17, 15) is 13.6 Å². The standard InChI is InChI=1S/C16H23F2N3O/c1-11-10-21-7-3-5-13(14(21)20-11)9-19-15(22)12-4-2-6-16(17,18)8-12/h10,12-13H,2-9H2,1H3,(H,19,22)/t12-,13-/m1/s1. The molecule has 0 radical (unpaired) electrons. The molecule has 1 fully saturated rings. The van der Waals surface area contributed by atoms with Crippen LogP contribution in [0, 0.1) is 12.8 Å². The second-order valence-electron chi connectivity index (χ2n) is 6.67. The number of rotatable bonds is 3. The SMILES string of the molecule is Cc1cn2c(n1)[C@@H](CNC(=O)[C@@H]1CCCC(F)(F)C1)CCC2. The van der Waals surface area contributed by atoms with Gasteiger partial charge in [-0.2, -0.15) is 0 Å². The smallest absolute Gasteiger partial charge is 0.248 e. The predicted molar refractivity (Wildman–Crippen MR) is 78.9 cm³/mol. The second-order valence-corrected chi connectivity index (χ2v) is 6.67. The molecule has 1 amide bonds. The third kappa shape index (κ3) is 3.31. The molecule has 1 N–H and O–H groups in total. The van der Waals surface area contributed by atoms with E-state index in [4.69, 9.17) is 0 Å². The molecule has 0 bridgehead atoms. The molecule has 22 heavy (non-hydrogen) atoms. The molecule has 1 aromatic rings. The quantitative estimate of drug-likeness (QED) is 0.933. The molecule has 4 nitrogen and oxygen atoms in total. The van der Waals surface area contributed by atoms with Crippen molar-refractivity contribution in [3.05, 3.63) is 17.7 Å². The van der Waals surface area contributed by atoms with Crippen molar-refractivity contribution in [2.45, 2.75) is 63.8 Å². The van der Waals surface area contributed by atoms with Gasteiger partial charge in [-0.1, -0.05) is 0 Å². The maximum Gasteiger partial charge on any atom is 0.248 e. The Morgan fingerprint density at radius 1 is 1.45 bits per heavy atom. The molecule has 0 saturated heterocycles. The molecule has 1 aromatic heterocycles. The number of alkyl halides is 2. The molecule has 0 spiro atoms. The topological polar surface area (TPSA) is 46.9 Å². The molecule has 2 atom stereocenters. The number of nitrogens with zero attached hydrogens (tertiary/aromatic N) is 2. The highest BCUT2D eigenvalue weighted by molar-refractivity contribution is 5.78. The highest BCUT2D eigenvalue weighted by atomic mass is 19.3. The van der Waals surface area contributed by atoms with Gasteiger partial charge in [0.2, 0.25) is 11.8 Å². The number of halogens is 2. The summed E-state index contributed by atoms with van der Waals surface area (Å²) in [6.07, 6.45) is 4.68. The van der Waals surface area contributed by atoms with Gasteiger partial charge in [0.05, 0.1) is 5.69 Å². The zero-order valence-electron chi connectivity index (χ0n) is 12.9. The van der Waals surface area contributed by atoms with E-state index >= 15 is 0 Å². The zero-order valence-corrected chi connectivity index (χ0v) is 12.9. The van der Waals surface area contributed by atoms with Crippen LogP contribution in [0.5, 0.6) is 0 Å². The van der Waals surface area contributed by atoms with Gasteiger partial charge >= 0.3 is 0 Å². The number of fused-ring (bicyclic) bond motifs is 1. The van der Waals surface area contributed by atoms with Crippen molar-refractivity contribution in [1.29, 1.82) is 0 Å². The number of hydrogen-bond donors (Lipinski definition) is 1. The molecule has 3 rings (SSSR count). The number of aryl methyl sites for hydroxylation is 2. The summed E-state index contributed by atoms with van der Waals surface area (Å²) >= 11 is 0. The van der Waals surface area contributed by atoms with Gasteiger partial charge in [0.15, 0.2) is 0 Å². The Balaban J connectivity index is 1.58. The first-order valence-electron chi connectivity index (χ1n) is 8.14. The van der Waals surface area contributed by atoms with Crippen molar-refractivity contribution in [3.8, 4) is 0 Å². The van der Waals surface area contributed by atoms with Gasteiger partial charge in [0, 0.05) is 44.0 Å². The fraction of sp³-hybridized carbons (Fsp3) is 0.750. The lowest BCUT2D eigenvalue weighted by Gasteiger charge is -2.29. The van der Waals surface area contributed by atoms with E-state index in [1.807, 2.05) is 13.1 Å². The summed E-state index contributed by atoms with van der Waals surface area (Å²) in [4.78, 5) is 16.7. The van der Waals surface area contributed by atoms with Crippen LogP contribution in [0.2, 0.25) is 0 Å². The van der Waals surface area contributed by atoms with Gasteiger partial charge in [-0.15, -0.1) is 0 Å². The molecular weight excluding hydrogens is 288 g/mol. The largest absolute Gasteiger partial charge is 0.355 e. The van der Waals surface area contributed by atoms with Crippen molar-refractivity contribution in [1.82, 2.24) is 14.9 Å². The van der Waals surface area contributed by atoms with Crippen LogP contribution in [0.15, 0.2) is 6.20 Å². The van der Waals surface area contributed by atoms with E-state index in [0.29, 0.717) is 19.4 Å². The normalized spacial score (nSPS) is 27.2. The minimum absolute atomic E-state index is 0.0872. The van der Waals surface area contributed by atoms with Crippen LogP contribution in [-0.4, -0.2) is 27.9 Å². The summed E-state index contributed by atoms with van der Waals surface area (Å²) in [7, 11) is 0. The third-order valence-corrected chi connectivity index (χ3v) is 4.78. The molecule has 2 heterocycles. The van der Waals surface area contributed by atoms with Crippen LogP contribution in [0.1, 0.15) is 56.0 Å². The average Bonchev–Trinajstić information content (AvgIpc) is 2.84. The Morgan fingerprint density at radius 2 is 2.27 bits per heavy atom. The number of amides is 1. The first kappa shape index (κ1) is 15.4. The fourth-order valence-corrected chi connectivity index (χ4v) is 3.66. The number of imidazole rings is 1. The number of carbonyl (C=O) groups is 1. The monoisotopic (exact) mass is 311 g/mol. The van der Waals surface area contributed by atoms with Gasteiger partial charge in [0.25, 0.3) is 0 Å². The Bertz CT molecular complexity index is 556. The minimum Gasteiger partial charge on any atom is -0.355 e. The maximum atomic E-state index is 13.4. The Kier molecular flexibility index (Phi) is 4.19. The maximum absolute atomic E-state index is 13.4. The molecule has 1 aliphatic carbocycles. The first-order chi connectivity index (χ1) is 10.4. The summed E-state index contributed by atoms with van der Waals surface area (Å²) < 4.78 is 29.0. The number of carbonyl (C=O) groups excluding carboxylic acids is 1. The Hall–Kier alpha value is -1.46. The lowest BCUT2D eigenvalue weighted by molar-refractivity contribution is -0.132. The van der Waals surface area contributed by atoms with Crippen molar-refractivity contribution >= 4 is 5.91 Å². The van der Waals surface area contributed by atoms with Crippen LogP contribution >= 0.6 is 0 Å². The molecule has 2 aliphatic rings. The van der Waals surface area contributed by atoms with Crippen LogP contribution in [0.4, 0.5) is 8.78 Å². The third-order valence-electron chi connectivity index (χ3n) is 4.78. The fourth-order valence-electron chi connectivity index (χ4n) is 3.66. The predicted octanol–water partition coefficient (Wildman–Crippen LogP) is 3.01. The van der Waals surface area contributed by atoms with Crippen molar-refractivity contribution in [2.24, 2.45) is 5.92 Å². The molecule has 1 aliphatic heterocycles. The molecule has 0 aromatic carbocycles. The van der Waals surface area contributed by atoms with E-state index in [2.05, 4.69) is 14.9 Å². The molecule has 1 saturated carbocycles.